The van der Waals surface area contributed by atoms with Gasteiger partial charge < -0.3 is 4.90 Å². The van der Waals surface area contributed by atoms with Gasteiger partial charge in [0.2, 0.25) is 0 Å². The molecule has 0 heterocycles. The minimum absolute atomic E-state index is 0.0193. The molecule has 0 aromatic heterocycles. The number of hydrogen-bond acceptors (Lipinski definition) is 1. The molecule has 0 radical (unpaired) electrons. The van der Waals surface area contributed by atoms with Gasteiger partial charge in [0.15, 0.2) is 0 Å². The minimum atomic E-state index is -0.104. The van der Waals surface area contributed by atoms with Gasteiger partial charge in [0, 0.05) is 22.4 Å². The Morgan fingerprint density at radius 1 is 0.489 bits per heavy atom. The zero-order chi connectivity index (χ0) is 32.5. The summed E-state index contributed by atoms with van der Waals surface area (Å²) in [6.45, 7) is 13.9. The molecule has 0 fully saturated rings. The Morgan fingerprint density at radius 2 is 1.11 bits per heavy atom. The van der Waals surface area contributed by atoms with Gasteiger partial charge in [0.05, 0.1) is 5.69 Å². The van der Waals surface area contributed by atoms with Crippen molar-refractivity contribution >= 4 is 38.6 Å². The standard InChI is InChI=1S/C46H41N/c1-30-14-13-21-41-44(30)38-25-24-36(29-42(38)46(41,5)6)47(35-23-22-31-15-7-8-16-32(31)26-35)43-28-34-18-10-9-17-33(34)27-39(43)37-19-11-12-20-40(37)45(2,3)4/h7-29H,1-6H3. The van der Waals surface area contributed by atoms with E-state index in [0.717, 1.165) is 5.69 Å². The quantitative estimate of drug-likeness (QED) is 0.192. The van der Waals surface area contributed by atoms with E-state index in [1.807, 2.05) is 0 Å². The number of hydrogen-bond donors (Lipinski definition) is 0. The van der Waals surface area contributed by atoms with Crippen LogP contribution in [0.5, 0.6) is 0 Å². The summed E-state index contributed by atoms with van der Waals surface area (Å²) in [5.41, 5.74) is 14.1. The number of anilines is 3. The molecular formula is C46H41N. The molecule has 47 heavy (non-hydrogen) atoms. The Hall–Kier alpha value is -5.14. The van der Waals surface area contributed by atoms with Crippen LogP contribution in [0.1, 0.15) is 56.9 Å². The summed E-state index contributed by atoms with van der Waals surface area (Å²) >= 11 is 0. The predicted octanol–water partition coefficient (Wildman–Crippen LogP) is 13.0. The van der Waals surface area contributed by atoms with Gasteiger partial charge in [-0.3, -0.25) is 0 Å². The van der Waals surface area contributed by atoms with Crippen LogP contribution in [0.25, 0.3) is 43.8 Å². The fourth-order valence-electron chi connectivity index (χ4n) is 7.84. The van der Waals surface area contributed by atoms with Crippen molar-refractivity contribution in [2.24, 2.45) is 0 Å². The molecule has 0 saturated carbocycles. The van der Waals surface area contributed by atoms with Crippen LogP contribution in [0, 0.1) is 6.92 Å². The number of aryl methyl sites for hydroxylation is 1. The highest BCUT2D eigenvalue weighted by atomic mass is 15.1. The van der Waals surface area contributed by atoms with Crippen LogP contribution in [0.4, 0.5) is 17.1 Å². The van der Waals surface area contributed by atoms with Crippen molar-refractivity contribution in [2.45, 2.75) is 52.4 Å². The van der Waals surface area contributed by atoms with Crippen molar-refractivity contribution in [3.63, 3.8) is 0 Å². The number of nitrogens with zero attached hydrogens (tertiary/aromatic N) is 1. The van der Waals surface area contributed by atoms with E-state index < -0.39 is 0 Å². The van der Waals surface area contributed by atoms with Gasteiger partial charge in [0.1, 0.15) is 0 Å². The van der Waals surface area contributed by atoms with E-state index in [0.29, 0.717) is 0 Å². The SMILES string of the molecule is Cc1cccc2c1-c1ccc(N(c3ccc4ccccc4c3)c3cc4ccccc4cc3-c3ccccc3C(C)(C)C)cc1C2(C)C. The maximum absolute atomic E-state index is 2.50. The fraction of sp³-hybridized carbons (Fsp3) is 0.174. The molecule has 7 aromatic carbocycles. The molecule has 1 heteroatoms. The van der Waals surface area contributed by atoms with Gasteiger partial charge in [-0.1, -0.05) is 138 Å². The molecule has 1 aliphatic rings. The number of fused-ring (bicyclic) bond motifs is 5. The molecule has 230 valence electrons. The molecular weight excluding hydrogens is 567 g/mol. The summed E-state index contributed by atoms with van der Waals surface area (Å²) in [7, 11) is 0. The molecule has 1 aliphatic carbocycles. The lowest BCUT2D eigenvalue weighted by Gasteiger charge is -2.31. The van der Waals surface area contributed by atoms with Crippen LogP contribution >= 0.6 is 0 Å². The van der Waals surface area contributed by atoms with E-state index in [-0.39, 0.29) is 10.8 Å². The number of benzene rings is 7. The van der Waals surface area contributed by atoms with Crippen LogP contribution in [-0.4, -0.2) is 0 Å². The molecule has 7 aromatic rings. The van der Waals surface area contributed by atoms with Crippen molar-refractivity contribution in [2.75, 3.05) is 4.90 Å². The van der Waals surface area contributed by atoms with Gasteiger partial charge in [-0.25, -0.2) is 0 Å². The zero-order valence-electron chi connectivity index (χ0n) is 28.2. The molecule has 1 nitrogen and oxygen atoms in total. The summed E-state index contributed by atoms with van der Waals surface area (Å²) in [5.74, 6) is 0. The van der Waals surface area contributed by atoms with Gasteiger partial charge in [-0.15, -0.1) is 0 Å². The smallest absolute Gasteiger partial charge is 0.0546 e. The Labute approximate surface area is 279 Å². The molecule has 0 spiro atoms. The van der Waals surface area contributed by atoms with E-state index in [1.54, 1.807) is 0 Å². The first kappa shape index (κ1) is 29.3. The first-order valence-electron chi connectivity index (χ1n) is 16.8. The third-order valence-electron chi connectivity index (χ3n) is 10.3. The second kappa shape index (κ2) is 10.7. The average Bonchev–Trinajstić information content (AvgIpc) is 3.30. The van der Waals surface area contributed by atoms with E-state index in [9.17, 15) is 0 Å². The van der Waals surface area contributed by atoms with E-state index >= 15 is 0 Å². The van der Waals surface area contributed by atoms with Crippen molar-refractivity contribution < 1.29 is 0 Å². The van der Waals surface area contributed by atoms with E-state index in [1.165, 1.54) is 77.4 Å². The molecule has 0 unspecified atom stereocenters. The van der Waals surface area contributed by atoms with Gasteiger partial charge >= 0.3 is 0 Å². The molecule has 0 saturated heterocycles. The third-order valence-corrected chi connectivity index (χ3v) is 10.3. The van der Waals surface area contributed by atoms with Gasteiger partial charge in [0.25, 0.3) is 0 Å². The maximum Gasteiger partial charge on any atom is 0.0546 e. The highest BCUT2D eigenvalue weighted by Crippen LogP contribution is 2.53. The third kappa shape index (κ3) is 4.76. The van der Waals surface area contributed by atoms with E-state index in [4.69, 9.17) is 0 Å². The van der Waals surface area contributed by atoms with Crippen LogP contribution in [0.15, 0.2) is 140 Å². The minimum Gasteiger partial charge on any atom is -0.310 e. The largest absolute Gasteiger partial charge is 0.310 e. The summed E-state index contributed by atoms with van der Waals surface area (Å²) in [6.07, 6.45) is 0. The van der Waals surface area contributed by atoms with Gasteiger partial charge in [-0.2, -0.15) is 0 Å². The Balaban J connectivity index is 1.45. The van der Waals surface area contributed by atoms with Crippen molar-refractivity contribution in [3.05, 3.63) is 162 Å². The number of rotatable bonds is 4. The highest BCUT2D eigenvalue weighted by molar-refractivity contribution is 6.00. The normalized spacial score (nSPS) is 13.5. The molecule has 0 atom stereocenters. The molecule has 0 N–H and O–H groups in total. The average molecular weight is 608 g/mol. The summed E-state index contributed by atoms with van der Waals surface area (Å²) in [5, 5.41) is 4.95. The Bertz CT molecular complexity index is 2330. The fourth-order valence-corrected chi connectivity index (χ4v) is 7.84. The molecule has 0 aliphatic heterocycles. The van der Waals surface area contributed by atoms with Crippen LogP contribution in [0.2, 0.25) is 0 Å². The molecule has 8 rings (SSSR count). The highest BCUT2D eigenvalue weighted by Gasteiger charge is 2.37. The maximum atomic E-state index is 2.50. The lowest BCUT2D eigenvalue weighted by molar-refractivity contribution is 0.592. The van der Waals surface area contributed by atoms with Crippen LogP contribution in [0.3, 0.4) is 0 Å². The van der Waals surface area contributed by atoms with Gasteiger partial charge in [-0.05, 0) is 109 Å². The summed E-state index contributed by atoms with van der Waals surface area (Å²) in [4.78, 5) is 2.50. The van der Waals surface area contributed by atoms with Crippen molar-refractivity contribution in [1.82, 2.24) is 0 Å². The predicted molar refractivity (Wildman–Crippen MR) is 203 cm³/mol. The first-order chi connectivity index (χ1) is 22.6. The monoisotopic (exact) mass is 607 g/mol. The second-order valence-corrected chi connectivity index (χ2v) is 14.7. The summed E-state index contributed by atoms with van der Waals surface area (Å²) in [6, 6.07) is 52.0. The lowest BCUT2D eigenvalue weighted by Crippen LogP contribution is -2.17. The first-order valence-corrected chi connectivity index (χ1v) is 16.8. The summed E-state index contributed by atoms with van der Waals surface area (Å²) < 4.78 is 0. The topological polar surface area (TPSA) is 3.24 Å². The van der Waals surface area contributed by atoms with Crippen molar-refractivity contribution in [3.8, 4) is 22.3 Å². The van der Waals surface area contributed by atoms with Crippen LogP contribution in [-0.2, 0) is 10.8 Å². The second-order valence-electron chi connectivity index (χ2n) is 14.7. The van der Waals surface area contributed by atoms with E-state index in [2.05, 4.69) is 186 Å². The Morgan fingerprint density at radius 3 is 1.85 bits per heavy atom. The van der Waals surface area contributed by atoms with Crippen LogP contribution < -0.4 is 4.90 Å². The molecule has 0 amide bonds. The lowest BCUT2D eigenvalue weighted by atomic mass is 9.81. The van der Waals surface area contributed by atoms with Crippen molar-refractivity contribution in [1.29, 1.82) is 0 Å². The Kier molecular flexibility index (Phi) is 6.67. The molecule has 0 bridgehead atoms. The zero-order valence-corrected chi connectivity index (χ0v) is 28.2.